The van der Waals surface area contributed by atoms with Crippen LogP contribution >= 0.6 is 0 Å². The van der Waals surface area contributed by atoms with Gasteiger partial charge in [-0.05, 0) is 25.7 Å². The van der Waals surface area contributed by atoms with Gasteiger partial charge in [0.05, 0.1) is 13.2 Å². The first-order chi connectivity index (χ1) is 8.35. The number of morpholine rings is 1. The Bertz CT molecular complexity index is 218. The van der Waals surface area contributed by atoms with E-state index in [9.17, 15) is 0 Å². The molecule has 2 fully saturated rings. The van der Waals surface area contributed by atoms with Crippen LogP contribution in [0, 0.1) is 0 Å². The third kappa shape index (κ3) is 3.94. The molecule has 0 aromatic heterocycles. The second-order valence-corrected chi connectivity index (χ2v) is 5.50. The lowest BCUT2D eigenvalue weighted by molar-refractivity contribution is -0.0315. The molecule has 2 atom stereocenters. The molecule has 1 saturated carbocycles. The molecule has 1 aliphatic heterocycles. The first-order valence-corrected chi connectivity index (χ1v) is 7.42. The zero-order valence-corrected chi connectivity index (χ0v) is 11.5. The number of ether oxygens (including phenoxy) is 1. The van der Waals surface area contributed by atoms with Crippen LogP contribution in [0.15, 0.2) is 0 Å². The van der Waals surface area contributed by atoms with E-state index in [0.29, 0.717) is 6.04 Å². The van der Waals surface area contributed by atoms with Gasteiger partial charge in [0, 0.05) is 31.2 Å². The number of hydrogen-bond donors (Lipinski definition) is 1. The highest BCUT2D eigenvalue weighted by Gasteiger charge is 2.29. The molecule has 1 aliphatic carbocycles. The summed E-state index contributed by atoms with van der Waals surface area (Å²) in [5.74, 6) is 0. The summed E-state index contributed by atoms with van der Waals surface area (Å²) >= 11 is 0. The summed E-state index contributed by atoms with van der Waals surface area (Å²) in [6.45, 7) is 8.72. The van der Waals surface area contributed by atoms with Crippen LogP contribution in [0.3, 0.4) is 0 Å². The quantitative estimate of drug-likeness (QED) is 0.737. The van der Waals surface area contributed by atoms with Crippen LogP contribution in [-0.2, 0) is 4.74 Å². The molecule has 2 aliphatic rings. The van der Waals surface area contributed by atoms with Crippen LogP contribution in [0.5, 0.6) is 0 Å². The van der Waals surface area contributed by atoms with E-state index in [2.05, 4.69) is 24.1 Å². The second-order valence-electron chi connectivity index (χ2n) is 5.50. The minimum atomic E-state index is 0.640. The first-order valence-electron chi connectivity index (χ1n) is 7.42. The fourth-order valence-corrected chi connectivity index (χ4v) is 2.81. The van der Waals surface area contributed by atoms with Crippen molar-refractivity contribution in [1.29, 1.82) is 0 Å². The van der Waals surface area contributed by atoms with E-state index < -0.39 is 0 Å². The van der Waals surface area contributed by atoms with E-state index >= 15 is 0 Å². The van der Waals surface area contributed by atoms with Crippen molar-refractivity contribution in [3.63, 3.8) is 0 Å². The average molecular weight is 240 g/mol. The molecule has 0 bridgehead atoms. The Kier molecular flexibility index (Phi) is 5.26. The Balaban J connectivity index is 1.86. The molecule has 17 heavy (non-hydrogen) atoms. The van der Waals surface area contributed by atoms with E-state index in [1.165, 1.54) is 38.6 Å². The number of nitrogens with one attached hydrogen (secondary N) is 1. The number of rotatable bonds is 7. The maximum Gasteiger partial charge on any atom is 0.0622 e. The first kappa shape index (κ1) is 13.3. The van der Waals surface area contributed by atoms with Crippen LogP contribution < -0.4 is 5.32 Å². The third-order valence-corrected chi connectivity index (χ3v) is 4.05. The van der Waals surface area contributed by atoms with E-state index in [-0.39, 0.29) is 0 Å². The maximum atomic E-state index is 5.61. The van der Waals surface area contributed by atoms with Crippen molar-refractivity contribution in [2.24, 2.45) is 0 Å². The Hall–Kier alpha value is -0.120. The summed E-state index contributed by atoms with van der Waals surface area (Å²) in [6, 6.07) is 2.19. The number of hydrogen-bond acceptors (Lipinski definition) is 3. The van der Waals surface area contributed by atoms with Crippen LogP contribution in [-0.4, -0.2) is 49.3 Å². The van der Waals surface area contributed by atoms with Gasteiger partial charge in [-0.1, -0.05) is 20.3 Å². The monoisotopic (exact) mass is 240 g/mol. The van der Waals surface area contributed by atoms with Crippen molar-refractivity contribution in [2.45, 2.75) is 64.1 Å². The van der Waals surface area contributed by atoms with Crippen molar-refractivity contribution in [3.8, 4) is 0 Å². The molecule has 1 saturated heterocycles. The zero-order chi connectivity index (χ0) is 12.1. The minimum absolute atomic E-state index is 0.640. The molecule has 0 aromatic rings. The van der Waals surface area contributed by atoms with E-state index in [1.807, 2.05) is 0 Å². The summed E-state index contributed by atoms with van der Waals surface area (Å²) in [7, 11) is 0. The smallest absolute Gasteiger partial charge is 0.0622 e. The molecule has 2 unspecified atom stereocenters. The molecule has 3 heteroatoms. The second kappa shape index (κ2) is 6.72. The Morgan fingerprint density at radius 1 is 1.35 bits per heavy atom. The third-order valence-electron chi connectivity index (χ3n) is 4.05. The minimum Gasteiger partial charge on any atom is -0.378 e. The standard InChI is InChI=1S/C14H28N2O/c1-3-5-14(10-15-12-6-7-12)16-8-9-17-11-13(16)4-2/h12-15H,3-11H2,1-2H3. The maximum absolute atomic E-state index is 5.61. The normalized spacial score (nSPS) is 28.2. The van der Waals surface area contributed by atoms with Gasteiger partial charge in [0.15, 0.2) is 0 Å². The van der Waals surface area contributed by atoms with Crippen LogP contribution in [0.4, 0.5) is 0 Å². The summed E-state index contributed by atoms with van der Waals surface area (Å²) in [5.41, 5.74) is 0. The van der Waals surface area contributed by atoms with Crippen molar-refractivity contribution in [1.82, 2.24) is 10.2 Å². The van der Waals surface area contributed by atoms with Crippen molar-refractivity contribution in [2.75, 3.05) is 26.3 Å². The summed E-state index contributed by atoms with van der Waals surface area (Å²) in [4.78, 5) is 2.70. The molecular weight excluding hydrogens is 212 g/mol. The molecule has 1 heterocycles. The predicted octanol–water partition coefficient (Wildman–Crippen LogP) is 2.02. The molecule has 2 rings (SSSR count). The van der Waals surface area contributed by atoms with Gasteiger partial charge < -0.3 is 10.1 Å². The van der Waals surface area contributed by atoms with Crippen LogP contribution in [0.2, 0.25) is 0 Å². The van der Waals surface area contributed by atoms with Gasteiger partial charge in [-0.25, -0.2) is 0 Å². The SMILES string of the molecule is CCCC(CNC1CC1)N1CCOCC1CC. The lowest BCUT2D eigenvalue weighted by atomic mass is 10.0. The molecule has 3 nitrogen and oxygen atoms in total. The number of nitrogens with zero attached hydrogens (tertiary/aromatic N) is 1. The highest BCUT2D eigenvalue weighted by Crippen LogP contribution is 2.21. The molecular formula is C14H28N2O. The lowest BCUT2D eigenvalue weighted by Gasteiger charge is -2.41. The van der Waals surface area contributed by atoms with Gasteiger partial charge in [-0.15, -0.1) is 0 Å². The molecule has 0 aromatic carbocycles. The summed E-state index contributed by atoms with van der Waals surface area (Å²) in [5, 5.41) is 3.70. The predicted molar refractivity (Wildman–Crippen MR) is 71.3 cm³/mol. The molecule has 100 valence electrons. The van der Waals surface area contributed by atoms with Gasteiger partial charge in [0.1, 0.15) is 0 Å². The van der Waals surface area contributed by atoms with E-state index in [0.717, 1.165) is 31.8 Å². The van der Waals surface area contributed by atoms with Gasteiger partial charge in [0.2, 0.25) is 0 Å². The summed E-state index contributed by atoms with van der Waals surface area (Å²) < 4.78 is 5.61. The Labute approximate surface area is 106 Å². The van der Waals surface area contributed by atoms with E-state index in [1.54, 1.807) is 0 Å². The fourth-order valence-electron chi connectivity index (χ4n) is 2.81. The molecule has 0 radical (unpaired) electrons. The lowest BCUT2D eigenvalue weighted by Crippen LogP contribution is -2.53. The Morgan fingerprint density at radius 3 is 2.82 bits per heavy atom. The molecule has 0 amide bonds. The molecule has 1 N–H and O–H groups in total. The topological polar surface area (TPSA) is 24.5 Å². The summed E-state index contributed by atoms with van der Waals surface area (Å²) in [6.07, 6.45) is 6.59. The van der Waals surface area contributed by atoms with Crippen molar-refractivity contribution < 1.29 is 4.74 Å². The highest BCUT2D eigenvalue weighted by molar-refractivity contribution is 4.87. The van der Waals surface area contributed by atoms with Crippen molar-refractivity contribution >= 4 is 0 Å². The van der Waals surface area contributed by atoms with Gasteiger partial charge in [-0.2, -0.15) is 0 Å². The van der Waals surface area contributed by atoms with Gasteiger partial charge >= 0.3 is 0 Å². The van der Waals surface area contributed by atoms with Crippen molar-refractivity contribution in [3.05, 3.63) is 0 Å². The van der Waals surface area contributed by atoms with Crippen LogP contribution in [0.25, 0.3) is 0 Å². The largest absolute Gasteiger partial charge is 0.378 e. The fraction of sp³-hybridized carbons (Fsp3) is 1.00. The Morgan fingerprint density at radius 2 is 2.18 bits per heavy atom. The highest BCUT2D eigenvalue weighted by atomic mass is 16.5. The zero-order valence-electron chi connectivity index (χ0n) is 11.5. The van der Waals surface area contributed by atoms with Gasteiger partial charge in [0.25, 0.3) is 0 Å². The van der Waals surface area contributed by atoms with Crippen LogP contribution in [0.1, 0.15) is 46.0 Å². The average Bonchev–Trinajstić information content (AvgIpc) is 3.18. The van der Waals surface area contributed by atoms with Gasteiger partial charge in [-0.3, -0.25) is 4.90 Å². The van der Waals surface area contributed by atoms with E-state index in [4.69, 9.17) is 4.74 Å². The molecule has 0 spiro atoms.